The lowest BCUT2D eigenvalue weighted by atomic mass is 9.90. The normalized spacial score (nSPS) is 16.1. The van der Waals surface area contributed by atoms with Crippen LogP contribution in [0.3, 0.4) is 0 Å². The maximum absolute atomic E-state index is 14.8. The lowest BCUT2D eigenvalue weighted by molar-refractivity contribution is -0.0409. The van der Waals surface area contributed by atoms with Gasteiger partial charge in [-0.1, -0.05) is 23.2 Å². The topological polar surface area (TPSA) is 101 Å². The predicted octanol–water partition coefficient (Wildman–Crippen LogP) is 5.06. The van der Waals surface area contributed by atoms with Crippen molar-refractivity contribution in [2.24, 2.45) is 0 Å². The SMILES string of the molecule is Cc1nc2cc(F)c(-c3cnc(C4(O)CCN(C(=O)OC(C)(C)C)CC4)nc3)nc2c(Cl)c1Cl. The Labute approximate surface area is 206 Å². The molecule has 4 heterocycles. The summed E-state index contributed by atoms with van der Waals surface area (Å²) in [7, 11) is 0. The molecule has 34 heavy (non-hydrogen) atoms. The Hall–Kier alpha value is -2.62. The van der Waals surface area contributed by atoms with Gasteiger partial charge in [-0.15, -0.1) is 0 Å². The summed E-state index contributed by atoms with van der Waals surface area (Å²) in [6, 6.07) is 1.24. The summed E-state index contributed by atoms with van der Waals surface area (Å²) in [4.78, 5) is 30.9. The summed E-state index contributed by atoms with van der Waals surface area (Å²) >= 11 is 12.5. The van der Waals surface area contributed by atoms with Crippen molar-refractivity contribution in [3.63, 3.8) is 0 Å². The van der Waals surface area contributed by atoms with Crippen molar-refractivity contribution < 1.29 is 19.0 Å². The van der Waals surface area contributed by atoms with Crippen LogP contribution in [0.2, 0.25) is 10.0 Å². The van der Waals surface area contributed by atoms with E-state index < -0.39 is 23.1 Å². The van der Waals surface area contributed by atoms with Crippen LogP contribution in [0.5, 0.6) is 0 Å². The van der Waals surface area contributed by atoms with Crippen molar-refractivity contribution in [3.8, 4) is 11.3 Å². The lowest BCUT2D eigenvalue weighted by Gasteiger charge is -2.37. The fourth-order valence-electron chi connectivity index (χ4n) is 3.72. The monoisotopic (exact) mass is 507 g/mol. The molecule has 4 rings (SSSR count). The number of piperidine rings is 1. The first-order valence-corrected chi connectivity index (χ1v) is 11.5. The minimum atomic E-state index is -1.31. The van der Waals surface area contributed by atoms with Crippen molar-refractivity contribution >= 4 is 40.3 Å². The molecular formula is C23H24Cl2FN5O3. The Balaban J connectivity index is 1.55. The van der Waals surface area contributed by atoms with Crippen molar-refractivity contribution in [3.05, 3.63) is 45.8 Å². The fraction of sp³-hybridized carbons (Fsp3) is 0.435. The van der Waals surface area contributed by atoms with E-state index in [4.69, 9.17) is 27.9 Å². The maximum atomic E-state index is 14.8. The molecule has 1 N–H and O–H groups in total. The number of nitrogens with zero attached hydrogens (tertiary/aromatic N) is 5. The second-order valence-electron chi connectivity index (χ2n) is 9.31. The van der Waals surface area contributed by atoms with Gasteiger partial charge in [-0.05, 0) is 27.7 Å². The molecule has 180 valence electrons. The summed E-state index contributed by atoms with van der Waals surface area (Å²) < 4.78 is 20.2. The molecule has 0 unspecified atom stereocenters. The van der Waals surface area contributed by atoms with Crippen LogP contribution in [-0.4, -0.2) is 54.7 Å². The molecule has 0 spiro atoms. The van der Waals surface area contributed by atoms with Crippen LogP contribution in [0, 0.1) is 12.7 Å². The molecule has 11 heteroatoms. The maximum Gasteiger partial charge on any atom is 0.410 e. The van der Waals surface area contributed by atoms with E-state index in [1.165, 1.54) is 18.5 Å². The van der Waals surface area contributed by atoms with Crippen LogP contribution in [0.25, 0.3) is 22.3 Å². The summed E-state index contributed by atoms with van der Waals surface area (Å²) in [5, 5.41) is 11.5. The first-order chi connectivity index (χ1) is 15.9. The standard InChI is InChI=1S/C23H24Cl2FN5O3/c1-12-16(24)17(25)19-15(29-12)9-14(26)18(30-19)13-10-27-20(28-11-13)23(33)5-7-31(8-6-23)21(32)34-22(2,3)4/h9-11,33H,5-8H2,1-4H3. The van der Waals surface area contributed by atoms with Crippen LogP contribution >= 0.6 is 23.2 Å². The van der Waals surface area contributed by atoms with Crippen molar-refractivity contribution in [1.29, 1.82) is 0 Å². The number of likely N-dealkylation sites (tertiary alicyclic amines) is 1. The van der Waals surface area contributed by atoms with E-state index in [-0.39, 0.29) is 45.4 Å². The number of hydrogen-bond acceptors (Lipinski definition) is 7. The smallest absolute Gasteiger partial charge is 0.410 e. The van der Waals surface area contributed by atoms with Gasteiger partial charge in [0.1, 0.15) is 22.4 Å². The van der Waals surface area contributed by atoms with E-state index in [1.54, 1.807) is 32.6 Å². The number of aryl methyl sites for hydroxylation is 1. The van der Waals surface area contributed by atoms with Gasteiger partial charge in [0.05, 0.1) is 21.3 Å². The Bertz CT molecular complexity index is 1260. The van der Waals surface area contributed by atoms with Crippen LogP contribution in [-0.2, 0) is 10.3 Å². The minimum Gasteiger partial charge on any atom is -0.444 e. The fourth-order valence-corrected chi connectivity index (χ4v) is 4.13. The van der Waals surface area contributed by atoms with E-state index in [2.05, 4.69) is 19.9 Å². The zero-order chi connectivity index (χ0) is 24.8. The number of aromatic nitrogens is 4. The van der Waals surface area contributed by atoms with E-state index in [9.17, 15) is 14.3 Å². The lowest BCUT2D eigenvalue weighted by Crippen LogP contribution is -2.47. The molecule has 0 aliphatic carbocycles. The van der Waals surface area contributed by atoms with Gasteiger partial charge >= 0.3 is 6.09 Å². The average Bonchev–Trinajstić information content (AvgIpc) is 2.77. The Morgan fingerprint density at radius 3 is 2.35 bits per heavy atom. The van der Waals surface area contributed by atoms with Gasteiger partial charge in [0.15, 0.2) is 11.6 Å². The van der Waals surface area contributed by atoms with E-state index in [0.717, 1.165) is 0 Å². The van der Waals surface area contributed by atoms with E-state index >= 15 is 0 Å². The Morgan fingerprint density at radius 1 is 1.15 bits per heavy atom. The summed E-state index contributed by atoms with van der Waals surface area (Å²) in [5.41, 5.74) is -0.570. The average molecular weight is 508 g/mol. The molecule has 0 aromatic carbocycles. The molecule has 0 atom stereocenters. The second kappa shape index (κ2) is 8.87. The number of halogens is 3. The molecule has 0 saturated carbocycles. The Morgan fingerprint density at radius 2 is 1.76 bits per heavy atom. The third-order valence-corrected chi connectivity index (χ3v) is 6.47. The van der Waals surface area contributed by atoms with Crippen LogP contribution < -0.4 is 0 Å². The molecule has 1 aliphatic rings. The molecule has 3 aromatic rings. The predicted molar refractivity (Wildman–Crippen MR) is 126 cm³/mol. The zero-order valence-corrected chi connectivity index (χ0v) is 20.7. The summed E-state index contributed by atoms with van der Waals surface area (Å²) in [6.45, 7) is 7.66. The second-order valence-corrected chi connectivity index (χ2v) is 10.1. The van der Waals surface area contributed by atoms with Gasteiger partial charge in [-0.2, -0.15) is 0 Å². The van der Waals surface area contributed by atoms with Gasteiger partial charge in [0.25, 0.3) is 0 Å². The summed E-state index contributed by atoms with van der Waals surface area (Å²) in [6.07, 6.45) is 2.86. The Kier molecular flexibility index (Phi) is 6.39. The quantitative estimate of drug-likeness (QED) is 0.517. The molecule has 8 nitrogen and oxygen atoms in total. The van der Waals surface area contributed by atoms with E-state index in [1.807, 2.05) is 0 Å². The van der Waals surface area contributed by atoms with Gasteiger partial charge in [0.2, 0.25) is 0 Å². The highest BCUT2D eigenvalue weighted by atomic mass is 35.5. The number of rotatable bonds is 2. The highest BCUT2D eigenvalue weighted by Gasteiger charge is 2.39. The van der Waals surface area contributed by atoms with E-state index in [0.29, 0.717) is 24.3 Å². The highest BCUT2D eigenvalue weighted by Crippen LogP contribution is 2.34. The number of hydrogen-bond donors (Lipinski definition) is 1. The largest absolute Gasteiger partial charge is 0.444 e. The van der Waals surface area contributed by atoms with Gasteiger partial charge < -0.3 is 14.7 Å². The highest BCUT2D eigenvalue weighted by molar-refractivity contribution is 6.45. The number of carbonyl (C=O) groups excluding carboxylic acids is 1. The van der Waals surface area contributed by atoms with Crippen molar-refractivity contribution in [1.82, 2.24) is 24.8 Å². The van der Waals surface area contributed by atoms with Crippen molar-refractivity contribution in [2.75, 3.05) is 13.1 Å². The molecule has 1 saturated heterocycles. The molecule has 0 bridgehead atoms. The molecule has 1 aliphatic heterocycles. The number of fused-ring (bicyclic) bond motifs is 1. The molecule has 3 aromatic heterocycles. The zero-order valence-electron chi connectivity index (χ0n) is 19.2. The molecule has 1 fully saturated rings. The molecular weight excluding hydrogens is 484 g/mol. The van der Waals surface area contributed by atoms with Gasteiger partial charge in [-0.3, -0.25) is 0 Å². The van der Waals surface area contributed by atoms with Crippen LogP contribution in [0.4, 0.5) is 9.18 Å². The van der Waals surface area contributed by atoms with Crippen LogP contribution in [0.1, 0.15) is 45.1 Å². The minimum absolute atomic E-state index is 0.00518. The third-order valence-electron chi connectivity index (χ3n) is 5.55. The van der Waals surface area contributed by atoms with Crippen LogP contribution in [0.15, 0.2) is 18.5 Å². The number of carbonyl (C=O) groups is 1. The first-order valence-electron chi connectivity index (χ1n) is 10.7. The molecule has 1 amide bonds. The summed E-state index contributed by atoms with van der Waals surface area (Å²) in [5.74, 6) is -0.418. The number of aliphatic hydroxyl groups is 1. The third kappa shape index (κ3) is 4.78. The number of pyridine rings is 2. The van der Waals surface area contributed by atoms with Gasteiger partial charge in [0, 0.05) is 50.0 Å². The number of ether oxygens (including phenoxy) is 1. The molecule has 0 radical (unpaired) electrons. The van der Waals surface area contributed by atoms with Gasteiger partial charge in [-0.25, -0.2) is 29.1 Å². The van der Waals surface area contributed by atoms with Crippen molar-refractivity contribution in [2.45, 2.75) is 51.7 Å². The number of amides is 1. The first kappa shape index (κ1) is 24.5.